The zero-order valence-corrected chi connectivity index (χ0v) is 16.5. The molecule has 2 N–H and O–H groups in total. The van der Waals surface area contributed by atoms with Crippen molar-refractivity contribution in [1.29, 1.82) is 0 Å². The first-order chi connectivity index (χ1) is 14.9. The molecule has 0 unspecified atom stereocenters. The number of benzene rings is 3. The van der Waals surface area contributed by atoms with E-state index in [1.807, 2.05) is 0 Å². The summed E-state index contributed by atoms with van der Waals surface area (Å²) in [4.78, 5) is 22.7. The number of nitro benzene ring substituents is 1. The van der Waals surface area contributed by atoms with E-state index in [9.17, 15) is 25.1 Å². The van der Waals surface area contributed by atoms with Gasteiger partial charge in [0, 0.05) is 17.7 Å². The first-order valence-electron chi connectivity index (χ1n) is 9.16. The molecule has 0 aromatic heterocycles. The summed E-state index contributed by atoms with van der Waals surface area (Å²) in [5, 5.41) is 30.1. The third kappa shape index (κ3) is 5.39. The molecule has 0 aliphatic heterocycles. The number of non-ortho nitro benzene ring substituents is 1. The SMILES string of the molecule is COc1ccc(/C=C/C(=O)c2ccc(O)cc2O)cc1COc1cccc([N+](=O)[O-])c1. The number of carbonyl (C=O) groups excluding carboxylic acids is 1. The second-order valence-corrected chi connectivity index (χ2v) is 6.51. The Hall–Kier alpha value is -4.33. The molecule has 0 spiro atoms. The van der Waals surface area contributed by atoms with Gasteiger partial charge in [-0.05, 0) is 42.0 Å². The van der Waals surface area contributed by atoms with Crippen molar-refractivity contribution in [1.82, 2.24) is 0 Å². The molecule has 0 bridgehead atoms. The van der Waals surface area contributed by atoms with Gasteiger partial charge in [-0.3, -0.25) is 14.9 Å². The van der Waals surface area contributed by atoms with E-state index in [-0.39, 0.29) is 29.4 Å². The average Bonchev–Trinajstić information content (AvgIpc) is 2.76. The Morgan fingerprint density at radius 2 is 1.90 bits per heavy atom. The van der Waals surface area contributed by atoms with E-state index in [0.717, 1.165) is 6.07 Å². The fraction of sp³-hybridized carbons (Fsp3) is 0.0870. The fourth-order valence-electron chi connectivity index (χ4n) is 2.85. The largest absolute Gasteiger partial charge is 0.508 e. The van der Waals surface area contributed by atoms with Crippen molar-refractivity contribution in [3.63, 3.8) is 0 Å². The molecule has 0 saturated heterocycles. The minimum absolute atomic E-state index is 0.0665. The highest BCUT2D eigenvalue weighted by atomic mass is 16.6. The van der Waals surface area contributed by atoms with Crippen LogP contribution >= 0.6 is 0 Å². The Kier molecular flexibility index (Phi) is 6.51. The Morgan fingerprint density at radius 3 is 2.61 bits per heavy atom. The molecule has 3 rings (SSSR count). The van der Waals surface area contributed by atoms with Gasteiger partial charge in [-0.2, -0.15) is 0 Å². The summed E-state index contributed by atoms with van der Waals surface area (Å²) in [6, 6.07) is 14.8. The van der Waals surface area contributed by atoms with E-state index in [2.05, 4.69) is 0 Å². The van der Waals surface area contributed by atoms with Crippen LogP contribution in [-0.4, -0.2) is 28.0 Å². The Morgan fingerprint density at radius 1 is 1.10 bits per heavy atom. The van der Waals surface area contributed by atoms with Crippen molar-refractivity contribution in [2.45, 2.75) is 6.61 Å². The monoisotopic (exact) mass is 421 g/mol. The van der Waals surface area contributed by atoms with Gasteiger partial charge < -0.3 is 19.7 Å². The fourth-order valence-corrected chi connectivity index (χ4v) is 2.85. The van der Waals surface area contributed by atoms with Gasteiger partial charge in [0.15, 0.2) is 5.78 Å². The highest BCUT2D eigenvalue weighted by molar-refractivity contribution is 6.08. The zero-order chi connectivity index (χ0) is 22.4. The maximum atomic E-state index is 12.3. The Labute approximate surface area is 177 Å². The van der Waals surface area contributed by atoms with E-state index in [0.29, 0.717) is 22.6 Å². The molecule has 0 fully saturated rings. The second-order valence-electron chi connectivity index (χ2n) is 6.51. The van der Waals surface area contributed by atoms with Crippen molar-refractivity contribution in [3.05, 3.63) is 93.5 Å². The smallest absolute Gasteiger partial charge is 0.273 e. The van der Waals surface area contributed by atoms with Gasteiger partial charge in [0.05, 0.1) is 23.7 Å². The maximum absolute atomic E-state index is 12.3. The van der Waals surface area contributed by atoms with Gasteiger partial charge >= 0.3 is 0 Å². The number of phenols is 2. The Bertz CT molecular complexity index is 1150. The lowest BCUT2D eigenvalue weighted by atomic mass is 10.1. The highest BCUT2D eigenvalue weighted by Crippen LogP contribution is 2.26. The summed E-state index contributed by atoms with van der Waals surface area (Å²) in [5.41, 5.74) is 1.36. The van der Waals surface area contributed by atoms with Gasteiger partial charge in [-0.15, -0.1) is 0 Å². The van der Waals surface area contributed by atoms with Crippen LogP contribution in [-0.2, 0) is 6.61 Å². The third-order valence-electron chi connectivity index (χ3n) is 4.40. The number of nitrogens with zero attached hydrogens (tertiary/aromatic N) is 1. The van der Waals surface area contributed by atoms with Crippen molar-refractivity contribution in [2.24, 2.45) is 0 Å². The molecule has 158 valence electrons. The minimum Gasteiger partial charge on any atom is -0.508 e. The van der Waals surface area contributed by atoms with E-state index in [1.165, 1.54) is 43.5 Å². The van der Waals surface area contributed by atoms with Gasteiger partial charge in [-0.1, -0.05) is 18.2 Å². The van der Waals surface area contributed by atoms with Crippen molar-refractivity contribution >= 4 is 17.5 Å². The number of hydrogen-bond donors (Lipinski definition) is 2. The van der Waals surface area contributed by atoms with Crippen LogP contribution in [0.5, 0.6) is 23.0 Å². The third-order valence-corrected chi connectivity index (χ3v) is 4.40. The van der Waals surface area contributed by atoms with Crippen molar-refractivity contribution in [2.75, 3.05) is 7.11 Å². The zero-order valence-electron chi connectivity index (χ0n) is 16.5. The Balaban J connectivity index is 1.77. The lowest BCUT2D eigenvalue weighted by molar-refractivity contribution is -0.384. The molecule has 0 aliphatic carbocycles. The first-order valence-corrected chi connectivity index (χ1v) is 9.16. The van der Waals surface area contributed by atoms with E-state index >= 15 is 0 Å². The predicted octanol–water partition coefficient (Wildman–Crippen LogP) is 4.49. The number of ether oxygens (including phenoxy) is 2. The number of methoxy groups -OCH3 is 1. The van der Waals surface area contributed by atoms with E-state index < -0.39 is 10.7 Å². The number of nitro groups is 1. The van der Waals surface area contributed by atoms with Crippen LogP contribution in [0.25, 0.3) is 6.08 Å². The van der Waals surface area contributed by atoms with Gasteiger partial charge in [0.1, 0.15) is 29.6 Å². The van der Waals surface area contributed by atoms with E-state index in [4.69, 9.17) is 9.47 Å². The summed E-state index contributed by atoms with van der Waals surface area (Å²) in [6.45, 7) is 0.0960. The topological polar surface area (TPSA) is 119 Å². The number of ketones is 1. The number of carbonyl (C=O) groups is 1. The molecule has 0 radical (unpaired) electrons. The molecule has 3 aromatic carbocycles. The van der Waals surface area contributed by atoms with Crippen LogP contribution in [0, 0.1) is 10.1 Å². The number of aromatic hydroxyl groups is 2. The lowest BCUT2D eigenvalue weighted by Crippen LogP contribution is -2.00. The highest BCUT2D eigenvalue weighted by Gasteiger charge is 2.11. The summed E-state index contributed by atoms with van der Waals surface area (Å²) >= 11 is 0. The number of allylic oxidation sites excluding steroid dienone is 1. The maximum Gasteiger partial charge on any atom is 0.273 e. The van der Waals surface area contributed by atoms with Crippen LogP contribution in [0.3, 0.4) is 0 Å². The molecule has 0 heterocycles. The van der Waals surface area contributed by atoms with Gasteiger partial charge in [0.25, 0.3) is 5.69 Å². The molecule has 8 nitrogen and oxygen atoms in total. The predicted molar refractivity (Wildman–Crippen MR) is 114 cm³/mol. The minimum atomic E-state index is -0.498. The average molecular weight is 421 g/mol. The molecule has 0 saturated carbocycles. The van der Waals surface area contributed by atoms with Crippen LogP contribution < -0.4 is 9.47 Å². The summed E-state index contributed by atoms with van der Waals surface area (Å²) in [6.07, 6.45) is 2.88. The normalized spacial score (nSPS) is 10.7. The van der Waals surface area contributed by atoms with Crippen molar-refractivity contribution < 1.29 is 29.4 Å². The molecule has 0 amide bonds. The lowest BCUT2D eigenvalue weighted by Gasteiger charge is -2.11. The molecule has 8 heteroatoms. The summed E-state index contributed by atoms with van der Waals surface area (Å²) < 4.78 is 11.0. The molecule has 0 aliphatic rings. The van der Waals surface area contributed by atoms with Gasteiger partial charge in [0.2, 0.25) is 0 Å². The molecular weight excluding hydrogens is 402 g/mol. The molecule has 0 atom stereocenters. The number of rotatable bonds is 8. The van der Waals surface area contributed by atoms with Crippen LogP contribution in [0.4, 0.5) is 5.69 Å². The molecule has 31 heavy (non-hydrogen) atoms. The van der Waals surface area contributed by atoms with Gasteiger partial charge in [-0.25, -0.2) is 0 Å². The molecule has 3 aromatic rings. The van der Waals surface area contributed by atoms with Crippen molar-refractivity contribution in [3.8, 4) is 23.0 Å². The summed E-state index contributed by atoms with van der Waals surface area (Å²) in [7, 11) is 1.51. The summed E-state index contributed by atoms with van der Waals surface area (Å²) in [5.74, 6) is 0.0278. The standard InChI is InChI=1S/C23H19NO7/c1-30-23-10-6-15(5-9-21(26)20-8-7-18(25)13-22(20)27)11-16(23)14-31-19-4-2-3-17(12-19)24(28)29/h2-13,25,27H,14H2,1H3/b9-5+. The van der Waals surface area contributed by atoms with E-state index in [1.54, 1.807) is 30.3 Å². The van der Waals surface area contributed by atoms with Crippen LogP contribution in [0.2, 0.25) is 0 Å². The second kappa shape index (κ2) is 9.45. The quantitative estimate of drug-likeness (QED) is 0.238. The molecular formula is C23H19NO7. The first kappa shape index (κ1) is 21.4. The number of phenolic OH excluding ortho intramolecular Hbond substituents is 2. The van der Waals surface area contributed by atoms with Crippen LogP contribution in [0.15, 0.2) is 66.7 Å². The van der Waals surface area contributed by atoms with Crippen LogP contribution in [0.1, 0.15) is 21.5 Å². The number of hydrogen-bond acceptors (Lipinski definition) is 7.